The molecule has 0 saturated heterocycles. The number of amides is 1. The Morgan fingerprint density at radius 3 is 2.32 bits per heavy atom. The lowest BCUT2D eigenvalue weighted by Gasteiger charge is -2.59. The molecule has 1 saturated carbocycles. The molecule has 1 fully saturated rings. The first-order valence-electron chi connectivity index (χ1n) is 7.75. The minimum atomic E-state index is -0.184. The van der Waals surface area contributed by atoms with Crippen molar-refractivity contribution in [3.05, 3.63) is 0 Å². The Labute approximate surface area is 118 Å². The smallest absolute Gasteiger partial charge is 0.226 e. The number of hydrogen-bond acceptors (Lipinski definition) is 2. The summed E-state index contributed by atoms with van der Waals surface area (Å²) in [6, 6.07) is 0. The molecule has 3 nitrogen and oxygen atoms in total. The number of rotatable bonds is 7. The van der Waals surface area contributed by atoms with Crippen LogP contribution in [0.5, 0.6) is 0 Å². The molecule has 0 aromatic rings. The topological polar surface area (TPSA) is 55.1 Å². The largest absolute Gasteiger partial charge is 0.354 e. The van der Waals surface area contributed by atoms with Gasteiger partial charge in [-0.25, -0.2) is 0 Å². The first-order valence-corrected chi connectivity index (χ1v) is 7.75. The maximum absolute atomic E-state index is 12.7. The molecule has 0 aromatic heterocycles. The molecule has 0 radical (unpaired) electrons. The molecule has 2 unspecified atom stereocenters. The van der Waals surface area contributed by atoms with Gasteiger partial charge < -0.3 is 11.1 Å². The monoisotopic (exact) mass is 268 g/mol. The van der Waals surface area contributed by atoms with Gasteiger partial charge in [0, 0.05) is 13.1 Å². The SMILES string of the molecule is CCC(C)(C)CC1(C(=O)NCCN)CCC1(C)CC. The highest BCUT2D eigenvalue weighted by atomic mass is 16.2. The van der Waals surface area contributed by atoms with E-state index in [2.05, 4.69) is 39.9 Å². The van der Waals surface area contributed by atoms with Crippen LogP contribution in [0.2, 0.25) is 0 Å². The van der Waals surface area contributed by atoms with E-state index in [1.165, 1.54) is 6.42 Å². The molecule has 2 atom stereocenters. The van der Waals surface area contributed by atoms with Crippen molar-refractivity contribution in [3.8, 4) is 0 Å². The molecule has 0 aliphatic heterocycles. The molecule has 112 valence electrons. The van der Waals surface area contributed by atoms with Crippen molar-refractivity contribution in [2.24, 2.45) is 22.0 Å². The van der Waals surface area contributed by atoms with Crippen LogP contribution in [0.3, 0.4) is 0 Å². The fraction of sp³-hybridized carbons (Fsp3) is 0.938. The predicted octanol–water partition coefficient (Wildman–Crippen LogP) is 3.08. The fourth-order valence-electron chi connectivity index (χ4n) is 3.44. The molecule has 3 N–H and O–H groups in total. The maximum Gasteiger partial charge on any atom is 0.226 e. The molecule has 1 rings (SSSR count). The van der Waals surface area contributed by atoms with Crippen LogP contribution >= 0.6 is 0 Å². The summed E-state index contributed by atoms with van der Waals surface area (Å²) < 4.78 is 0. The second-order valence-corrected chi connectivity index (χ2v) is 7.24. The lowest BCUT2D eigenvalue weighted by Crippen LogP contribution is -2.60. The molecule has 1 aliphatic carbocycles. The van der Waals surface area contributed by atoms with Crippen LogP contribution in [0.4, 0.5) is 0 Å². The van der Waals surface area contributed by atoms with Gasteiger partial charge in [0.15, 0.2) is 0 Å². The van der Waals surface area contributed by atoms with Gasteiger partial charge in [-0.15, -0.1) is 0 Å². The number of nitrogens with one attached hydrogen (secondary N) is 1. The summed E-state index contributed by atoms with van der Waals surface area (Å²) in [5.74, 6) is 0.232. The average molecular weight is 268 g/mol. The Balaban J connectivity index is 2.96. The van der Waals surface area contributed by atoms with Crippen LogP contribution in [-0.4, -0.2) is 19.0 Å². The highest BCUT2D eigenvalue weighted by molar-refractivity contribution is 5.84. The summed E-state index contributed by atoms with van der Waals surface area (Å²) in [6.45, 7) is 12.4. The summed E-state index contributed by atoms with van der Waals surface area (Å²) in [7, 11) is 0. The maximum atomic E-state index is 12.7. The minimum Gasteiger partial charge on any atom is -0.354 e. The van der Waals surface area contributed by atoms with Crippen LogP contribution in [-0.2, 0) is 4.79 Å². The van der Waals surface area contributed by atoms with Gasteiger partial charge in [0.05, 0.1) is 5.41 Å². The molecule has 19 heavy (non-hydrogen) atoms. The molecular formula is C16H32N2O. The summed E-state index contributed by atoms with van der Waals surface area (Å²) in [6.07, 6.45) is 5.36. The molecule has 3 heteroatoms. The predicted molar refractivity (Wildman–Crippen MR) is 80.8 cm³/mol. The lowest BCUT2D eigenvalue weighted by atomic mass is 9.45. The minimum absolute atomic E-state index is 0.151. The Morgan fingerprint density at radius 2 is 1.95 bits per heavy atom. The van der Waals surface area contributed by atoms with Gasteiger partial charge in [0.25, 0.3) is 0 Å². The van der Waals surface area contributed by atoms with Crippen LogP contribution in [0, 0.1) is 16.2 Å². The first kappa shape index (κ1) is 16.5. The van der Waals surface area contributed by atoms with Gasteiger partial charge in [-0.3, -0.25) is 4.79 Å². The second-order valence-electron chi connectivity index (χ2n) is 7.24. The highest BCUT2D eigenvalue weighted by Gasteiger charge is 2.60. The van der Waals surface area contributed by atoms with Gasteiger partial charge in [0.2, 0.25) is 5.91 Å². The number of hydrogen-bond donors (Lipinski definition) is 2. The number of carbonyl (C=O) groups is 1. The zero-order valence-electron chi connectivity index (χ0n) is 13.4. The summed E-state index contributed by atoms with van der Waals surface area (Å²) in [5.41, 5.74) is 5.70. The summed E-state index contributed by atoms with van der Waals surface area (Å²) in [4.78, 5) is 12.7. The Kier molecular flexibility index (Phi) is 5.05. The van der Waals surface area contributed by atoms with E-state index in [1.54, 1.807) is 0 Å². The Hall–Kier alpha value is -0.570. The fourth-order valence-corrected chi connectivity index (χ4v) is 3.44. The van der Waals surface area contributed by atoms with Crippen LogP contribution in [0.25, 0.3) is 0 Å². The van der Waals surface area contributed by atoms with Crippen LogP contribution in [0.1, 0.15) is 66.7 Å². The summed E-state index contributed by atoms with van der Waals surface area (Å²) in [5, 5.41) is 3.05. The molecule has 0 heterocycles. The van der Waals surface area contributed by atoms with E-state index in [0.29, 0.717) is 13.1 Å². The van der Waals surface area contributed by atoms with Crippen molar-refractivity contribution in [1.82, 2.24) is 5.32 Å². The van der Waals surface area contributed by atoms with E-state index in [1.807, 2.05) is 0 Å². The third kappa shape index (κ3) is 2.96. The van der Waals surface area contributed by atoms with E-state index >= 15 is 0 Å². The number of carbonyl (C=O) groups excluding carboxylic acids is 1. The Bertz CT molecular complexity index is 323. The second kappa shape index (κ2) is 5.82. The first-order chi connectivity index (χ1) is 8.77. The van der Waals surface area contributed by atoms with E-state index in [4.69, 9.17) is 5.73 Å². The average Bonchev–Trinajstić information content (AvgIpc) is 2.39. The van der Waals surface area contributed by atoms with Gasteiger partial charge in [0.1, 0.15) is 0 Å². The van der Waals surface area contributed by atoms with Gasteiger partial charge in [-0.1, -0.05) is 41.0 Å². The van der Waals surface area contributed by atoms with Gasteiger partial charge >= 0.3 is 0 Å². The zero-order valence-corrected chi connectivity index (χ0v) is 13.4. The molecule has 0 bridgehead atoms. The standard InChI is InChI=1S/C16H32N2O/c1-6-14(3,4)12-16(13(19)18-11-10-17)9-8-15(16,5)7-2/h6-12,17H2,1-5H3,(H,18,19). The van der Waals surface area contributed by atoms with E-state index in [0.717, 1.165) is 25.7 Å². The zero-order chi connectivity index (χ0) is 14.7. The van der Waals surface area contributed by atoms with Crippen molar-refractivity contribution in [2.75, 3.05) is 13.1 Å². The molecule has 0 spiro atoms. The lowest BCUT2D eigenvalue weighted by molar-refractivity contribution is -0.161. The van der Waals surface area contributed by atoms with E-state index in [9.17, 15) is 4.79 Å². The number of nitrogens with two attached hydrogens (primary N) is 1. The van der Waals surface area contributed by atoms with Gasteiger partial charge in [-0.2, -0.15) is 0 Å². The summed E-state index contributed by atoms with van der Waals surface area (Å²) >= 11 is 0. The molecule has 0 aromatic carbocycles. The van der Waals surface area contributed by atoms with Gasteiger partial charge in [-0.05, 0) is 36.5 Å². The van der Waals surface area contributed by atoms with Crippen molar-refractivity contribution in [1.29, 1.82) is 0 Å². The van der Waals surface area contributed by atoms with E-state index < -0.39 is 0 Å². The van der Waals surface area contributed by atoms with Crippen molar-refractivity contribution in [2.45, 2.75) is 66.7 Å². The van der Waals surface area contributed by atoms with E-state index in [-0.39, 0.29) is 22.2 Å². The molecular weight excluding hydrogens is 236 g/mol. The third-order valence-corrected chi connectivity index (χ3v) is 5.64. The molecule has 1 amide bonds. The quantitative estimate of drug-likeness (QED) is 0.745. The third-order valence-electron chi connectivity index (χ3n) is 5.64. The van der Waals surface area contributed by atoms with Crippen molar-refractivity contribution in [3.63, 3.8) is 0 Å². The van der Waals surface area contributed by atoms with Crippen molar-refractivity contribution < 1.29 is 4.79 Å². The van der Waals surface area contributed by atoms with Crippen molar-refractivity contribution >= 4 is 5.91 Å². The highest BCUT2D eigenvalue weighted by Crippen LogP contribution is 2.63. The molecule has 1 aliphatic rings. The Morgan fingerprint density at radius 1 is 1.32 bits per heavy atom. The van der Waals surface area contributed by atoms with Crippen LogP contribution in [0.15, 0.2) is 0 Å². The normalized spacial score (nSPS) is 30.8. The van der Waals surface area contributed by atoms with Crippen LogP contribution < -0.4 is 11.1 Å².